The Kier molecular flexibility index (Phi) is 5.40. The molecule has 0 bridgehead atoms. The second kappa shape index (κ2) is 8.75. The van der Waals surface area contributed by atoms with Crippen molar-refractivity contribution < 1.29 is 19.1 Å². The summed E-state index contributed by atoms with van der Waals surface area (Å²) in [6.07, 6.45) is 0.471. The zero-order valence-electron chi connectivity index (χ0n) is 20.2. The monoisotopic (exact) mass is 481 g/mol. The van der Waals surface area contributed by atoms with Crippen molar-refractivity contribution in [2.24, 2.45) is 0 Å². The standard InChI is InChI=1S/C29H27N3O4/c1-35-20-9-5-7-18(13-20)16-31-17-26(33)32-25(29(31)34)15-23-22-11-3-4-12-24(22)30-27(23)28(32)19-8-6-10-21(14-19)36-2/h3-14,25,28,30H,15-17H2,1-2H3/t25-,28+/m0/s1. The van der Waals surface area contributed by atoms with Gasteiger partial charge in [-0.05, 0) is 47.0 Å². The molecule has 2 aliphatic heterocycles. The first-order valence-electron chi connectivity index (χ1n) is 12.0. The highest BCUT2D eigenvalue weighted by molar-refractivity contribution is 5.97. The van der Waals surface area contributed by atoms with Crippen molar-refractivity contribution in [2.45, 2.75) is 25.0 Å². The van der Waals surface area contributed by atoms with Crippen LogP contribution in [-0.4, -0.2) is 53.4 Å². The lowest BCUT2D eigenvalue weighted by Crippen LogP contribution is -2.62. The van der Waals surface area contributed by atoms with Gasteiger partial charge in [-0.1, -0.05) is 42.5 Å². The van der Waals surface area contributed by atoms with Crippen molar-refractivity contribution in [3.8, 4) is 11.5 Å². The molecule has 2 atom stereocenters. The number of H-pyrrole nitrogens is 1. The molecular formula is C29H27N3O4. The SMILES string of the molecule is COc1cccc(CN2CC(=O)N3[C@H](c4cccc(OC)c4)c4[nH]c5ccccc5c4C[C@H]3C2=O)c1. The molecule has 7 heteroatoms. The Morgan fingerprint density at radius 2 is 1.67 bits per heavy atom. The Labute approximate surface area is 209 Å². The number of carbonyl (C=O) groups excluding carboxylic acids is 2. The fraction of sp³-hybridized carbons (Fsp3) is 0.241. The lowest BCUT2D eigenvalue weighted by Gasteiger charge is -2.47. The van der Waals surface area contributed by atoms with Crippen LogP contribution in [0.3, 0.4) is 0 Å². The second-order valence-electron chi connectivity index (χ2n) is 9.31. The minimum Gasteiger partial charge on any atom is -0.497 e. The van der Waals surface area contributed by atoms with Crippen LogP contribution in [0.5, 0.6) is 11.5 Å². The molecule has 7 nitrogen and oxygen atoms in total. The quantitative estimate of drug-likeness (QED) is 0.466. The van der Waals surface area contributed by atoms with Gasteiger partial charge in [0.15, 0.2) is 0 Å². The average molecular weight is 482 g/mol. The summed E-state index contributed by atoms with van der Waals surface area (Å²) in [6, 6.07) is 22.5. The number of nitrogens with zero attached hydrogens (tertiary/aromatic N) is 2. The fourth-order valence-corrected chi connectivity index (χ4v) is 5.61. The van der Waals surface area contributed by atoms with Crippen LogP contribution in [0.25, 0.3) is 10.9 Å². The van der Waals surface area contributed by atoms with Crippen molar-refractivity contribution >= 4 is 22.7 Å². The van der Waals surface area contributed by atoms with Gasteiger partial charge in [-0.2, -0.15) is 0 Å². The third-order valence-electron chi connectivity index (χ3n) is 7.26. The maximum atomic E-state index is 13.9. The van der Waals surface area contributed by atoms with Crippen LogP contribution in [0.1, 0.15) is 28.4 Å². The van der Waals surface area contributed by atoms with Gasteiger partial charge >= 0.3 is 0 Å². The van der Waals surface area contributed by atoms with E-state index in [1.165, 1.54) is 0 Å². The predicted molar refractivity (Wildman–Crippen MR) is 136 cm³/mol. The summed E-state index contributed by atoms with van der Waals surface area (Å²) in [7, 11) is 3.25. The van der Waals surface area contributed by atoms with Gasteiger partial charge in [0.2, 0.25) is 11.8 Å². The van der Waals surface area contributed by atoms with Gasteiger partial charge in [0.05, 0.1) is 20.3 Å². The number of para-hydroxylation sites is 1. The molecule has 0 spiro atoms. The molecule has 4 aromatic rings. The highest BCUT2D eigenvalue weighted by atomic mass is 16.5. The molecule has 0 aliphatic carbocycles. The van der Waals surface area contributed by atoms with E-state index < -0.39 is 12.1 Å². The van der Waals surface area contributed by atoms with Crippen LogP contribution in [0.4, 0.5) is 0 Å². The number of hydrogen-bond acceptors (Lipinski definition) is 4. The number of benzene rings is 3. The molecule has 3 aromatic carbocycles. The highest BCUT2D eigenvalue weighted by Crippen LogP contribution is 2.43. The number of ether oxygens (including phenoxy) is 2. The topological polar surface area (TPSA) is 74.9 Å². The van der Waals surface area contributed by atoms with Crippen molar-refractivity contribution in [1.29, 1.82) is 0 Å². The Morgan fingerprint density at radius 1 is 0.917 bits per heavy atom. The van der Waals surface area contributed by atoms with Gasteiger partial charge in [0.25, 0.3) is 0 Å². The zero-order chi connectivity index (χ0) is 24.8. The number of fused-ring (bicyclic) bond motifs is 4. The molecule has 2 amide bonds. The number of nitrogens with one attached hydrogen (secondary N) is 1. The third kappa shape index (κ3) is 3.59. The molecule has 1 fully saturated rings. The largest absolute Gasteiger partial charge is 0.497 e. The first kappa shape index (κ1) is 22.2. The van der Waals surface area contributed by atoms with E-state index in [0.29, 0.717) is 18.7 Å². The summed E-state index contributed by atoms with van der Waals surface area (Å²) in [5.74, 6) is 1.33. The first-order chi connectivity index (χ1) is 17.6. The van der Waals surface area contributed by atoms with Crippen LogP contribution < -0.4 is 9.47 Å². The minimum absolute atomic E-state index is 0.0303. The molecule has 1 N–H and O–H groups in total. The van der Waals surface area contributed by atoms with Crippen LogP contribution in [-0.2, 0) is 22.6 Å². The Morgan fingerprint density at radius 3 is 2.47 bits per heavy atom. The van der Waals surface area contributed by atoms with E-state index >= 15 is 0 Å². The Hall–Kier alpha value is -4.26. The van der Waals surface area contributed by atoms with E-state index in [1.807, 2.05) is 66.7 Å². The molecule has 36 heavy (non-hydrogen) atoms. The highest BCUT2D eigenvalue weighted by Gasteiger charge is 2.48. The number of piperazine rings is 1. The number of aromatic amines is 1. The molecule has 6 rings (SSSR count). The van der Waals surface area contributed by atoms with Crippen molar-refractivity contribution in [2.75, 3.05) is 20.8 Å². The van der Waals surface area contributed by atoms with E-state index in [1.54, 1.807) is 24.0 Å². The van der Waals surface area contributed by atoms with Crippen molar-refractivity contribution in [1.82, 2.24) is 14.8 Å². The maximum absolute atomic E-state index is 13.9. The average Bonchev–Trinajstić information content (AvgIpc) is 3.29. The first-order valence-corrected chi connectivity index (χ1v) is 12.0. The number of carbonyl (C=O) groups is 2. The summed E-state index contributed by atoms with van der Waals surface area (Å²) in [5, 5.41) is 1.09. The summed E-state index contributed by atoms with van der Waals surface area (Å²) in [6.45, 7) is 0.388. The summed E-state index contributed by atoms with van der Waals surface area (Å²) < 4.78 is 10.8. The van der Waals surface area contributed by atoms with Gasteiger partial charge in [0, 0.05) is 29.6 Å². The molecule has 182 valence electrons. The molecule has 0 unspecified atom stereocenters. The minimum atomic E-state index is -0.584. The normalized spacial score (nSPS) is 19.3. The smallest absolute Gasteiger partial charge is 0.246 e. The van der Waals surface area contributed by atoms with E-state index in [4.69, 9.17) is 9.47 Å². The van der Waals surface area contributed by atoms with E-state index in [2.05, 4.69) is 11.1 Å². The Balaban J connectivity index is 1.44. The molecule has 1 aromatic heterocycles. The number of rotatable bonds is 5. The second-order valence-corrected chi connectivity index (χ2v) is 9.31. The predicted octanol–water partition coefficient (Wildman–Crippen LogP) is 4.07. The Bertz CT molecular complexity index is 1480. The number of methoxy groups -OCH3 is 2. The maximum Gasteiger partial charge on any atom is 0.246 e. The van der Waals surface area contributed by atoms with Crippen molar-refractivity contribution in [3.63, 3.8) is 0 Å². The molecular weight excluding hydrogens is 454 g/mol. The van der Waals surface area contributed by atoms with E-state index in [0.717, 1.165) is 39.0 Å². The zero-order valence-corrected chi connectivity index (χ0v) is 20.2. The molecule has 2 aliphatic rings. The van der Waals surface area contributed by atoms with Crippen molar-refractivity contribution in [3.05, 3.63) is 95.2 Å². The van der Waals surface area contributed by atoms with E-state index in [9.17, 15) is 9.59 Å². The van der Waals surface area contributed by atoms with Gasteiger partial charge in [0.1, 0.15) is 24.1 Å². The number of amides is 2. The summed E-state index contributed by atoms with van der Waals surface area (Å²) >= 11 is 0. The molecule has 0 saturated carbocycles. The number of hydrogen-bond donors (Lipinski definition) is 1. The van der Waals surface area contributed by atoms with Crippen LogP contribution in [0, 0.1) is 0 Å². The number of aromatic nitrogens is 1. The molecule has 1 saturated heterocycles. The van der Waals surface area contributed by atoms with E-state index in [-0.39, 0.29) is 18.4 Å². The fourth-order valence-electron chi connectivity index (χ4n) is 5.61. The lowest BCUT2D eigenvalue weighted by atomic mass is 9.86. The summed E-state index contributed by atoms with van der Waals surface area (Å²) in [4.78, 5) is 34.6. The van der Waals surface area contributed by atoms with Gasteiger partial charge in [-0.25, -0.2) is 0 Å². The molecule has 0 radical (unpaired) electrons. The van der Waals surface area contributed by atoms with Crippen LogP contribution in [0.15, 0.2) is 72.8 Å². The van der Waals surface area contributed by atoms with Gasteiger partial charge in [-0.15, -0.1) is 0 Å². The lowest BCUT2D eigenvalue weighted by molar-refractivity contribution is -0.159. The molecule has 3 heterocycles. The third-order valence-corrected chi connectivity index (χ3v) is 7.26. The van der Waals surface area contributed by atoms with Crippen LogP contribution in [0.2, 0.25) is 0 Å². The summed E-state index contributed by atoms with van der Waals surface area (Å²) in [5.41, 5.74) is 4.89. The van der Waals surface area contributed by atoms with Gasteiger partial charge in [-0.3, -0.25) is 9.59 Å². The van der Waals surface area contributed by atoms with Gasteiger partial charge < -0.3 is 24.3 Å². The van der Waals surface area contributed by atoms with Crippen LogP contribution >= 0.6 is 0 Å².